The van der Waals surface area contributed by atoms with Crippen LogP contribution in [0.1, 0.15) is 34.0 Å². The Morgan fingerprint density at radius 1 is 1.30 bits per heavy atom. The number of anilines is 1. The summed E-state index contributed by atoms with van der Waals surface area (Å²) in [5.74, 6) is -0.885. The highest BCUT2D eigenvalue weighted by Gasteiger charge is 2.27. The molecule has 2 aromatic rings. The van der Waals surface area contributed by atoms with Gasteiger partial charge in [-0.2, -0.15) is 5.26 Å². The van der Waals surface area contributed by atoms with Crippen LogP contribution in [0.4, 0.5) is 14.9 Å². The van der Waals surface area contributed by atoms with Crippen LogP contribution in [-0.4, -0.2) is 52.6 Å². The lowest BCUT2D eigenvalue weighted by atomic mass is 10.0. The molecule has 0 bridgehead atoms. The highest BCUT2D eigenvalue weighted by atomic mass is 19.1. The third-order valence-corrected chi connectivity index (χ3v) is 5.33. The lowest BCUT2D eigenvalue weighted by molar-refractivity contribution is 0.0710. The molecule has 3 rings (SSSR count). The minimum Gasteiger partial charge on any atom is -0.465 e. The minimum absolute atomic E-state index is 0.156. The lowest BCUT2D eigenvalue weighted by Crippen LogP contribution is -2.53. The molecule has 7 nitrogen and oxygen atoms in total. The molecule has 0 aliphatic carbocycles. The Bertz CT molecular complexity index is 1020. The Kier molecular flexibility index (Phi) is 6.33. The van der Waals surface area contributed by atoms with Crippen LogP contribution in [0.5, 0.6) is 0 Å². The molecule has 1 aliphatic heterocycles. The third kappa shape index (κ3) is 4.75. The van der Waals surface area contributed by atoms with E-state index in [9.17, 15) is 19.1 Å². The van der Waals surface area contributed by atoms with Gasteiger partial charge >= 0.3 is 6.09 Å². The largest absolute Gasteiger partial charge is 0.465 e. The molecule has 1 saturated heterocycles. The molecule has 156 valence electrons. The SMILES string of the molecule is Cc1c(CN2CCN(C(=O)O)C(C)C2)cc(F)cc1NC(=O)c1cccc(C#N)c1. The van der Waals surface area contributed by atoms with E-state index in [0.717, 1.165) is 11.1 Å². The van der Waals surface area contributed by atoms with E-state index in [1.807, 2.05) is 19.9 Å². The van der Waals surface area contributed by atoms with E-state index in [1.54, 1.807) is 18.2 Å². The van der Waals surface area contributed by atoms with E-state index >= 15 is 0 Å². The molecule has 2 aromatic carbocycles. The van der Waals surface area contributed by atoms with Crippen LogP contribution in [-0.2, 0) is 6.54 Å². The molecular weight excluding hydrogens is 387 g/mol. The Labute approximate surface area is 174 Å². The van der Waals surface area contributed by atoms with E-state index in [-0.39, 0.29) is 6.04 Å². The molecule has 0 saturated carbocycles. The average molecular weight is 410 g/mol. The standard InChI is InChI=1S/C22H23FN4O3/c1-14-12-26(6-7-27(14)22(29)30)13-18-9-19(23)10-20(15(18)2)25-21(28)17-5-3-4-16(8-17)11-24/h3-5,8-10,14H,6-7,12-13H2,1-2H3,(H,25,28)(H,29,30). The predicted molar refractivity (Wildman–Crippen MR) is 110 cm³/mol. The van der Waals surface area contributed by atoms with Gasteiger partial charge in [0.25, 0.3) is 5.91 Å². The first-order valence-corrected chi connectivity index (χ1v) is 9.61. The Morgan fingerprint density at radius 2 is 2.07 bits per heavy atom. The van der Waals surface area contributed by atoms with Crippen molar-refractivity contribution in [2.24, 2.45) is 0 Å². The van der Waals surface area contributed by atoms with Gasteiger partial charge in [-0.25, -0.2) is 9.18 Å². The van der Waals surface area contributed by atoms with Gasteiger partial charge in [0.1, 0.15) is 5.82 Å². The van der Waals surface area contributed by atoms with Crippen LogP contribution in [0.25, 0.3) is 0 Å². The number of benzene rings is 2. The van der Waals surface area contributed by atoms with Crippen LogP contribution >= 0.6 is 0 Å². The van der Waals surface area contributed by atoms with Gasteiger partial charge < -0.3 is 15.3 Å². The van der Waals surface area contributed by atoms with Crippen molar-refractivity contribution in [3.8, 4) is 6.07 Å². The zero-order chi connectivity index (χ0) is 21.8. The zero-order valence-electron chi connectivity index (χ0n) is 16.9. The topological polar surface area (TPSA) is 96.7 Å². The van der Waals surface area contributed by atoms with Crippen molar-refractivity contribution >= 4 is 17.7 Å². The van der Waals surface area contributed by atoms with E-state index in [4.69, 9.17) is 5.26 Å². The average Bonchev–Trinajstić information content (AvgIpc) is 2.71. The van der Waals surface area contributed by atoms with Gasteiger partial charge in [0.05, 0.1) is 11.6 Å². The van der Waals surface area contributed by atoms with Gasteiger partial charge in [0, 0.05) is 43.5 Å². The number of rotatable bonds is 4. The number of hydrogen-bond acceptors (Lipinski definition) is 4. The van der Waals surface area contributed by atoms with Gasteiger partial charge in [0.2, 0.25) is 0 Å². The Hall–Kier alpha value is -3.44. The third-order valence-electron chi connectivity index (χ3n) is 5.33. The van der Waals surface area contributed by atoms with Crippen LogP contribution in [0, 0.1) is 24.1 Å². The first-order valence-electron chi connectivity index (χ1n) is 9.61. The fourth-order valence-electron chi connectivity index (χ4n) is 3.66. The lowest BCUT2D eigenvalue weighted by Gasteiger charge is -2.38. The number of nitrogens with zero attached hydrogens (tertiary/aromatic N) is 3. The summed E-state index contributed by atoms with van der Waals surface area (Å²) in [7, 11) is 0. The van der Waals surface area contributed by atoms with Gasteiger partial charge in [-0.1, -0.05) is 6.07 Å². The fraction of sp³-hybridized carbons (Fsp3) is 0.318. The summed E-state index contributed by atoms with van der Waals surface area (Å²) in [4.78, 5) is 27.3. The van der Waals surface area contributed by atoms with Crippen molar-refractivity contribution in [1.82, 2.24) is 9.80 Å². The second-order valence-corrected chi connectivity index (χ2v) is 7.44. The summed E-state index contributed by atoms with van der Waals surface area (Å²) in [6.45, 7) is 5.60. The van der Waals surface area contributed by atoms with Crippen molar-refractivity contribution in [2.75, 3.05) is 25.0 Å². The molecule has 30 heavy (non-hydrogen) atoms. The summed E-state index contributed by atoms with van der Waals surface area (Å²) in [5.41, 5.74) is 2.53. The monoisotopic (exact) mass is 410 g/mol. The van der Waals surface area contributed by atoms with Crippen molar-refractivity contribution < 1.29 is 19.1 Å². The number of amides is 2. The predicted octanol–water partition coefficient (Wildman–Crippen LogP) is 3.44. The highest BCUT2D eigenvalue weighted by Crippen LogP contribution is 2.24. The van der Waals surface area contributed by atoms with Crippen LogP contribution < -0.4 is 5.32 Å². The van der Waals surface area contributed by atoms with Crippen molar-refractivity contribution in [3.05, 3.63) is 64.5 Å². The summed E-state index contributed by atoms with van der Waals surface area (Å²) in [5, 5.41) is 20.9. The smallest absolute Gasteiger partial charge is 0.407 e. The number of carbonyl (C=O) groups excluding carboxylic acids is 1. The summed E-state index contributed by atoms with van der Waals surface area (Å²) < 4.78 is 14.3. The molecule has 1 atom stereocenters. The molecule has 1 unspecified atom stereocenters. The number of carboxylic acid groups (broad SMARTS) is 1. The van der Waals surface area contributed by atoms with E-state index in [2.05, 4.69) is 10.2 Å². The number of hydrogen-bond donors (Lipinski definition) is 2. The van der Waals surface area contributed by atoms with Gasteiger partial charge in [-0.05, 0) is 55.3 Å². The molecule has 0 spiro atoms. The molecule has 0 aromatic heterocycles. The maximum Gasteiger partial charge on any atom is 0.407 e. The summed E-state index contributed by atoms with van der Waals surface area (Å²) in [6.07, 6.45) is -0.936. The van der Waals surface area contributed by atoms with E-state index < -0.39 is 17.8 Å². The van der Waals surface area contributed by atoms with Crippen molar-refractivity contribution in [2.45, 2.75) is 26.4 Å². The second kappa shape index (κ2) is 8.93. The number of carbonyl (C=O) groups is 2. The van der Waals surface area contributed by atoms with E-state index in [0.29, 0.717) is 43.0 Å². The van der Waals surface area contributed by atoms with Crippen molar-refractivity contribution in [1.29, 1.82) is 5.26 Å². The Balaban J connectivity index is 1.76. The number of piperazine rings is 1. The molecular formula is C22H23FN4O3. The molecule has 1 heterocycles. The molecule has 8 heteroatoms. The molecule has 2 amide bonds. The molecule has 0 radical (unpaired) electrons. The first-order chi connectivity index (χ1) is 14.3. The van der Waals surface area contributed by atoms with Crippen molar-refractivity contribution in [3.63, 3.8) is 0 Å². The highest BCUT2D eigenvalue weighted by molar-refractivity contribution is 6.04. The maximum absolute atomic E-state index is 14.3. The maximum atomic E-state index is 14.3. The van der Waals surface area contributed by atoms with Gasteiger partial charge in [-0.15, -0.1) is 0 Å². The summed E-state index contributed by atoms with van der Waals surface area (Å²) >= 11 is 0. The second-order valence-electron chi connectivity index (χ2n) is 7.44. The summed E-state index contributed by atoms with van der Waals surface area (Å²) in [6, 6.07) is 10.8. The van der Waals surface area contributed by atoms with Crippen LogP contribution in [0.15, 0.2) is 36.4 Å². The number of halogens is 1. The normalized spacial score (nSPS) is 16.7. The molecule has 2 N–H and O–H groups in total. The zero-order valence-corrected chi connectivity index (χ0v) is 16.9. The first kappa shape index (κ1) is 21.3. The molecule has 1 aliphatic rings. The molecule has 1 fully saturated rings. The van der Waals surface area contributed by atoms with E-state index in [1.165, 1.54) is 23.1 Å². The van der Waals surface area contributed by atoms with Crippen LogP contribution in [0.2, 0.25) is 0 Å². The quantitative estimate of drug-likeness (QED) is 0.805. The number of nitrogens with one attached hydrogen (secondary N) is 1. The minimum atomic E-state index is -0.936. The fourth-order valence-corrected chi connectivity index (χ4v) is 3.66. The van der Waals surface area contributed by atoms with Gasteiger partial charge in [0.15, 0.2) is 0 Å². The Morgan fingerprint density at radius 3 is 2.73 bits per heavy atom. The van der Waals surface area contributed by atoms with Gasteiger partial charge in [-0.3, -0.25) is 9.69 Å². The van der Waals surface area contributed by atoms with Crippen LogP contribution in [0.3, 0.4) is 0 Å². The number of nitriles is 1.